The van der Waals surface area contributed by atoms with E-state index in [1.165, 1.54) is 0 Å². The van der Waals surface area contributed by atoms with Gasteiger partial charge in [0.25, 0.3) is 0 Å². The average Bonchev–Trinajstić information content (AvgIpc) is 2.94. The molecule has 0 aliphatic carbocycles. The minimum Gasteiger partial charge on any atom is -0.388 e. The molecule has 120 valence electrons. The first kappa shape index (κ1) is 17.5. The Kier molecular flexibility index (Phi) is 6.68. The fourth-order valence-electron chi connectivity index (χ4n) is 1.99. The summed E-state index contributed by atoms with van der Waals surface area (Å²) in [6.07, 6.45) is 4.51. The van der Waals surface area contributed by atoms with Crippen LogP contribution in [0.1, 0.15) is 34.1 Å². The molecule has 0 bridgehead atoms. The van der Waals surface area contributed by atoms with E-state index in [4.69, 9.17) is 0 Å². The van der Waals surface area contributed by atoms with Crippen molar-refractivity contribution in [2.75, 3.05) is 13.1 Å². The Labute approximate surface area is 126 Å². The van der Waals surface area contributed by atoms with Gasteiger partial charge >= 0.3 is 6.03 Å². The third-order valence-electron chi connectivity index (χ3n) is 3.95. The fourth-order valence-corrected chi connectivity index (χ4v) is 1.99. The molecule has 2 amide bonds. The molecule has 0 saturated carbocycles. The van der Waals surface area contributed by atoms with Gasteiger partial charge in [0.05, 0.1) is 5.60 Å². The van der Waals surface area contributed by atoms with Gasteiger partial charge in [-0.05, 0) is 24.8 Å². The highest BCUT2D eigenvalue weighted by Gasteiger charge is 2.27. The molecular formula is C15H28N4O2. The summed E-state index contributed by atoms with van der Waals surface area (Å²) in [6, 6.07) is 1.63. The number of nitrogens with zero attached hydrogens (tertiary/aromatic N) is 2. The maximum absolute atomic E-state index is 11.8. The summed E-state index contributed by atoms with van der Waals surface area (Å²) < 4.78 is 1.85. The van der Waals surface area contributed by atoms with E-state index in [-0.39, 0.29) is 24.4 Å². The van der Waals surface area contributed by atoms with Gasteiger partial charge in [-0.25, -0.2) is 4.79 Å². The zero-order valence-electron chi connectivity index (χ0n) is 13.5. The number of urea groups is 1. The Hall–Kier alpha value is -1.56. The highest BCUT2D eigenvalue weighted by molar-refractivity contribution is 5.73. The number of amides is 2. The second-order valence-corrected chi connectivity index (χ2v) is 6.06. The third kappa shape index (κ3) is 6.16. The molecule has 3 atom stereocenters. The lowest BCUT2D eigenvalue weighted by atomic mass is 9.89. The Morgan fingerprint density at radius 3 is 2.71 bits per heavy atom. The van der Waals surface area contributed by atoms with Crippen LogP contribution < -0.4 is 10.6 Å². The summed E-state index contributed by atoms with van der Waals surface area (Å²) >= 11 is 0. The average molecular weight is 296 g/mol. The SMILES string of the molecule is CCC(C)C(C)(O)CNC(=O)NCC(C)Cn1cccn1. The van der Waals surface area contributed by atoms with Gasteiger partial charge in [0.1, 0.15) is 0 Å². The molecule has 1 heterocycles. The van der Waals surface area contributed by atoms with Crippen LogP contribution in [0.5, 0.6) is 0 Å². The summed E-state index contributed by atoms with van der Waals surface area (Å²) in [5.74, 6) is 0.419. The van der Waals surface area contributed by atoms with E-state index in [2.05, 4.69) is 22.7 Å². The van der Waals surface area contributed by atoms with Gasteiger partial charge in [0, 0.05) is 32.0 Å². The molecule has 0 radical (unpaired) electrons. The maximum atomic E-state index is 11.8. The lowest BCUT2D eigenvalue weighted by molar-refractivity contribution is 0.00789. The van der Waals surface area contributed by atoms with Crippen LogP contribution in [0.2, 0.25) is 0 Å². The van der Waals surface area contributed by atoms with Crippen molar-refractivity contribution in [1.29, 1.82) is 0 Å². The molecule has 1 rings (SSSR count). The smallest absolute Gasteiger partial charge is 0.314 e. The van der Waals surface area contributed by atoms with Crippen molar-refractivity contribution in [3.8, 4) is 0 Å². The van der Waals surface area contributed by atoms with Crippen molar-refractivity contribution in [2.45, 2.75) is 46.3 Å². The topological polar surface area (TPSA) is 79.2 Å². The van der Waals surface area contributed by atoms with E-state index in [0.29, 0.717) is 6.54 Å². The molecule has 0 saturated heterocycles. The van der Waals surface area contributed by atoms with Crippen molar-refractivity contribution in [3.05, 3.63) is 18.5 Å². The molecule has 6 nitrogen and oxygen atoms in total. The number of aliphatic hydroxyl groups is 1. The van der Waals surface area contributed by atoms with E-state index in [1.807, 2.05) is 30.8 Å². The number of rotatable bonds is 8. The van der Waals surface area contributed by atoms with E-state index in [9.17, 15) is 9.90 Å². The number of nitrogens with one attached hydrogen (secondary N) is 2. The molecule has 1 aromatic heterocycles. The summed E-state index contributed by atoms with van der Waals surface area (Å²) in [4.78, 5) is 11.8. The molecule has 3 unspecified atom stereocenters. The molecule has 6 heteroatoms. The molecule has 1 aromatic rings. The summed E-state index contributed by atoms with van der Waals surface area (Å²) in [6.45, 7) is 9.39. The van der Waals surface area contributed by atoms with Gasteiger partial charge in [-0.15, -0.1) is 0 Å². The standard InChI is InChI=1S/C15H28N4O2/c1-5-13(3)15(4,21)11-17-14(20)16-9-12(2)10-19-8-6-7-18-19/h6-8,12-13,21H,5,9-11H2,1-4H3,(H2,16,17,20). The van der Waals surface area contributed by atoms with Crippen LogP contribution in [0.4, 0.5) is 4.79 Å². The Morgan fingerprint density at radius 1 is 1.43 bits per heavy atom. The van der Waals surface area contributed by atoms with Crippen LogP contribution in [-0.2, 0) is 6.54 Å². The van der Waals surface area contributed by atoms with Gasteiger partial charge in [0.2, 0.25) is 0 Å². The van der Waals surface area contributed by atoms with E-state index in [0.717, 1.165) is 13.0 Å². The first-order valence-corrected chi connectivity index (χ1v) is 7.56. The number of hydrogen-bond acceptors (Lipinski definition) is 3. The van der Waals surface area contributed by atoms with Gasteiger partial charge in [-0.1, -0.05) is 27.2 Å². The predicted molar refractivity (Wildman–Crippen MR) is 82.9 cm³/mol. The van der Waals surface area contributed by atoms with Crippen LogP contribution in [0.15, 0.2) is 18.5 Å². The summed E-state index contributed by atoms with van der Waals surface area (Å²) in [5.41, 5.74) is -0.882. The van der Waals surface area contributed by atoms with Crippen molar-refractivity contribution < 1.29 is 9.90 Å². The quantitative estimate of drug-likeness (QED) is 0.682. The van der Waals surface area contributed by atoms with Crippen LogP contribution >= 0.6 is 0 Å². The molecular weight excluding hydrogens is 268 g/mol. The van der Waals surface area contributed by atoms with Crippen molar-refractivity contribution in [3.63, 3.8) is 0 Å². The van der Waals surface area contributed by atoms with Crippen LogP contribution in [-0.4, -0.2) is 39.6 Å². The number of hydrogen-bond donors (Lipinski definition) is 3. The van der Waals surface area contributed by atoms with Crippen molar-refractivity contribution >= 4 is 6.03 Å². The number of carbonyl (C=O) groups excluding carboxylic acids is 1. The predicted octanol–water partition coefficient (Wildman–Crippen LogP) is 1.62. The number of aromatic nitrogens is 2. The van der Waals surface area contributed by atoms with E-state index < -0.39 is 5.60 Å². The maximum Gasteiger partial charge on any atom is 0.314 e. The van der Waals surface area contributed by atoms with Crippen molar-refractivity contribution in [1.82, 2.24) is 20.4 Å². The first-order chi connectivity index (χ1) is 9.85. The largest absolute Gasteiger partial charge is 0.388 e. The second kappa shape index (κ2) is 8.02. The lowest BCUT2D eigenvalue weighted by Gasteiger charge is -2.29. The Morgan fingerprint density at radius 2 is 2.14 bits per heavy atom. The zero-order chi connectivity index (χ0) is 15.9. The molecule has 21 heavy (non-hydrogen) atoms. The summed E-state index contributed by atoms with van der Waals surface area (Å²) in [7, 11) is 0. The zero-order valence-corrected chi connectivity index (χ0v) is 13.5. The van der Waals surface area contributed by atoms with Crippen molar-refractivity contribution in [2.24, 2.45) is 11.8 Å². The monoisotopic (exact) mass is 296 g/mol. The van der Waals surface area contributed by atoms with E-state index >= 15 is 0 Å². The van der Waals surface area contributed by atoms with Gasteiger partial charge in [-0.2, -0.15) is 5.10 Å². The Balaban J connectivity index is 2.24. The molecule has 0 aliphatic rings. The molecule has 0 aliphatic heterocycles. The molecule has 0 fully saturated rings. The highest BCUT2D eigenvalue weighted by atomic mass is 16.3. The second-order valence-electron chi connectivity index (χ2n) is 6.06. The first-order valence-electron chi connectivity index (χ1n) is 7.56. The van der Waals surface area contributed by atoms with Gasteiger partial charge in [0.15, 0.2) is 0 Å². The third-order valence-corrected chi connectivity index (χ3v) is 3.95. The normalized spacial score (nSPS) is 16.8. The molecule has 0 spiro atoms. The summed E-state index contributed by atoms with van der Waals surface area (Å²) in [5, 5.41) is 19.9. The van der Waals surface area contributed by atoms with Crippen LogP contribution in [0.3, 0.4) is 0 Å². The molecule has 3 N–H and O–H groups in total. The number of carbonyl (C=O) groups is 1. The minimum absolute atomic E-state index is 0.136. The highest BCUT2D eigenvalue weighted by Crippen LogP contribution is 2.18. The van der Waals surface area contributed by atoms with Gasteiger partial charge in [-0.3, -0.25) is 4.68 Å². The fraction of sp³-hybridized carbons (Fsp3) is 0.733. The lowest BCUT2D eigenvalue weighted by Crippen LogP contribution is -2.48. The minimum atomic E-state index is -0.882. The van der Waals surface area contributed by atoms with E-state index in [1.54, 1.807) is 13.1 Å². The van der Waals surface area contributed by atoms with Gasteiger partial charge < -0.3 is 15.7 Å². The van der Waals surface area contributed by atoms with Crippen LogP contribution in [0.25, 0.3) is 0 Å². The van der Waals surface area contributed by atoms with Crippen LogP contribution in [0, 0.1) is 11.8 Å². The Bertz CT molecular complexity index is 417. The molecule has 0 aromatic carbocycles.